The van der Waals surface area contributed by atoms with Crippen molar-refractivity contribution in [3.63, 3.8) is 0 Å². The van der Waals surface area contributed by atoms with Crippen molar-refractivity contribution < 1.29 is 24.3 Å². The number of carbonyl (C=O) groups is 1. The van der Waals surface area contributed by atoms with E-state index in [1.807, 2.05) is 13.8 Å². The maximum atomic E-state index is 11.2. The van der Waals surface area contributed by atoms with Gasteiger partial charge in [0.25, 0.3) is 0 Å². The van der Waals surface area contributed by atoms with Gasteiger partial charge in [-0.25, -0.2) is 0 Å². The number of carboxylic acids is 1. The van der Waals surface area contributed by atoms with Gasteiger partial charge in [0.15, 0.2) is 0 Å². The minimum Gasteiger partial charge on any atom is -0.480 e. The Bertz CT molecular complexity index is 509. The molecule has 21 heavy (non-hydrogen) atoms. The molecule has 0 aliphatic rings. The third-order valence-electron chi connectivity index (χ3n) is 2.92. The van der Waals surface area contributed by atoms with Gasteiger partial charge in [0, 0.05) is 0 Å². The van der Waals surface area contributed by atoms with Gasteiger partial charge in [-0.3, -0.25) is 9.36 Å². The van der Waals surface area contributed by atoms with Crippen LogP contribution < -0.4 is 5.32 Å². The SMILES string of the molecule is CC(C)CN[C@@H](Cc1ccc(CP(=O)(O)O)cc1)C(=O)O. The van der Waals surface area contributed by atoms with E-state index < -0.39 is 19.6 Å². The smallest absolute Gasteiger partial charge is 0.329 e. The van der Waals surface area contributed by atoms with Gasteiger partial charge in [-0.15, -0.1) is 0 Å². The monoisotopic (exact) mass is 315 g/mol. The van der Waals surface area contributed by atoms with E-state index in [0.717, 1.165) is 5.56 Å². The zero-order chi connectivity index (χ0) is 16.0. The first kappa shape index (κ1) is 17.9. The van der Waals surface area contributed by atoms with Crippen LogP contribution in [0.25, 0.3) is 0 Å². The predicted molar refractivity (Wildman–Crippen MR) is 80.2 cm³/mol. The summed E-state index contributed by atoms with van der Waals surface area (Å²) in [7, 11) is -4.07. The molecule has 4 N–H and O–H groups in total. The standard InChI is InChI=1S/C14H22NO5P/c1-10(2)8-15-13(14(16)17)7-11-3-5-12(6-4-11)9-21(18,19)20/h3-6,10,13,15H,7-9H2,1-2H3,(H,16,17)(H2,18,19,20)/t13-/m0/s1. The molecule has 7 heteroatoms. The average molecular weight is 315 g/mol. The van der Waals surface area contributed by atoms with E-state index in [-0.39, 0.29) is 6.16 Å². The number of benzene rings is 1. The van der Waals surface area contributed by atoms with E-state index in [9.17, 15) is 14.5 Å². The van der Waals surface area contributed by atoms with Gasteiger partial charge in [-0.1, -0.05) is 38.1 Å². The molecular formula is C14H22NO5P. The largest absolute Gasteiger partial charge is 0.480 e. The second-order valence-corrected chi connectivity index (χ2v) is 7.18. The summed E-state index contributed by atoms with van der Waals surface area (Å²) in [6.07, 6.45) is 0.0273. The van der Waals surface area contributed by atoms with Crippen LogP contribution in [-0.2, 0) is 21.9 Å². The Kier molecular flexibility index (Phi) is 6.55. The lowest BCUT2D eigenvalue weighted by atomic mass is 10.0. The van der Waals surface area contributed by atoms with E-state index in [1.165, 1.54) is 0 Å². The molecule has 0 saturated heterocycles. The van der Waals surface area contributed by atoms with E-state index in [2.05, 4.69) is 5.32 Å². The second kappa shape index (κ2) is 7.71. The molecule has 0 unspecified atom stereocenters. The molecule has 0 aromatic heterocycles. The molecule has 0 amide bonds. The molecular weight excluding hydrogens is 293 g/mol. The third kappa shape index (κ3) is 7.39. The molecule has 0 aliphatic heterocycles. The zero-order valence-corrected chi connectivity index (χ0v) is 13.1. The van der Waals surface area contributed by atoms with Crippen molar-refractivity contribution >= 4 is 13.6 Å². The molecule has 118 valence electrons. The molecule has 0 saturated carbocycles. The Morgan fingerprint density at radius 2 is 1.71 bits per heavy atom. The van der Waals surface area contributed by atoms with Crippen molar-refractivity contribution in [2.24, 2.45) is 5.92 Å². The van der Waals surface area contributed by atoms with Crippen molar-refractivity contribution in [3.8, 4) is 0 Å². The Balaban J connectivity index is 2.67. The molecule has 0 bridgehead atoms. The van der Waals surface area contributed by atoms with E-state index >= 15 is 0 Å². The maximum absolute atomic E-state index is 11.2. The molecule has 0 fully saturated rings. The quantitative estimate of drug-likeness (QED) is 0.543. The van der Waals surface area contributed by atoms with E-state index in [4.69, 9.17) is 9.79 Å². The van der Waals surface area contributed by atoms with Crippen LogP contribution in [0.5, 0.6) is 0 Å². The summed E-state index contributed by atoms with van der Waals surface area (Å²) in [6.45, 7) is 4.62. The Morgan fingerprint density at radius 3 is 2.14 bits per heavy atom. The first-order valence-electron chi connectivity index (χ1n) is 6.76. The van der Waals surface area contributed by atoms with Crippen molar-refractivity contribution in [2.75, 3.05) is 6.54 Å². The van der Waals surface area contributed by atoms with Gasteiger partial charge in [0.1, 0.15) is 6.04 Å². The summed E-state index contributed by atoms with van der Waals surface area (Å²) in [5.41, 5.74) is 1.35. The van der Waals surface area contributed by atoms with Gasteiger partial charge in [0.2, 0.25) is 0 Å². The molecule has 0 aliphatic carbocycles. The van der Waals surface area contributed by atoms with Crippen LogP contribution in [0, 0.1) is 5.92 Å². The number of aliphatic carboxylic acids is 1. The summed E-state index contributed by atoms with van der Waals surface area (Å²) in [5, 5.41) is 12.2. The van der Waals surface area contributed by atoms with Crippen LogP contribution in [-0.4, -0.2) is 33.4 Å². The topological polar surface area (TPSA) is 107 Å². The summed E-state index contributed by atoms with van der Waals surface area (Å²) in [4.78, 5) is 29.0. The lowest BCUT2D eigenvalue weighted by Crippen LogP contribution is -2.40. The van der Waals surface area contributed by atoms with Crippen molar-refractivity contribution in [1.82, 2.24) is 5.32 Å². The summed E-state index contributed by atoms with van der Waals surface area (Å²) in [6, 6.07) is 5.99. The van der Waals surface area contributed by atoms with E-state index in [0.29, 0.717) is 24.4 Å². The summed E-state index contributed by atoms with van der Waals surface area (Å²) in [5.74, 6) is -0.549. The molecule has 0 spiro atoms. The third-order valence-corrected chi connectivity index (χ3v) is 3.70. The number of nitrogens with one attached hydrogen (secondary N) is 1. The molecule has 0 radical (unpaired) electrons. The number of rotatable bonds is 8. The lowest BCUT2D eigenvalue weighted by Gasteiger charge is -2.16. The Labute approximate surface area is 124 Å². The molecule has 6 nitrogen and oxygen atoms in total. The molecule has 1 aromatic carbocycles. The fourth-order valence-corrected chi connectivity index (χ4v) is 2.57. The lowest BCUT2D eigenvalue weighted by molar-refractivity contribution is -0.139. The first-order valence-corrected chi connectivity index (χ1v) is 8.55. The van der Waals surface area contributed by atoms with E-state index in [1.54, 1.807) is 24.3 Å². The fourth-order valence-electron chi connectivity index (χ4n) is 1.88. The van der Waals surface area contributed by atoms with Gasteiger partial charge < -0.3 is 20.2 Å². The van der Waals surface area contributed by atoms with Crippen LogP contribution >= 0.6 is 7.60 Å². The van der Waals surface area contributed by atoms with Crippen LogP contribution in [0.15, 0.2) is 24.3 Å². The minimum absolute atomic E-state index is 0.304. The highest BCUT2D eigenvalue weighted by molar-refractivity contribution is 7.50. The highest BCUT2D eigenvalue weighted by Crippen LogP contribution is 2.38. The van der Waals surface area contributed by atoms with Gasteiger partial charge in [-0.2, -0.15) is 0 Å². The second-order valence-electron chi connectivity index (χ2n) is 5.54. The summed E-state index contributed by atoms with van der Waals surface area (Å²) >= 11 is 0. The number of carboxylic acid groups (broad SMARTS) is 1. The van der Waals surface area contributed by atoms with Crippen molar-refractivity contribution in [2.45, 2.75) is 32.5 Å². The van der Waals surface area contributed by atoms with Gasteiger partial charge in [-0.05, 0) is 30.0 Å². The molecule has 1 aromatic rings. The molecule has 1 atom stereocenters. The first-order chi connectivity index (χ1) is 9.67. The Morgan fingerprint density at radius 1 is 1.19 bits per heavy atom. The van der Waals surface area contributed by atoms with Crippen LogP contribution in [0.4, 0.5) is 0 Å². The minimum atomic E-state index is -4.07. The fraction of sp³-hybridized carbons (Fsp3) is 0.500. The van der Waals surface area contributed by atoms with Crippen molar-refractivity contribution in [1.29, 1.82) is 0 Å². The molecule has 1 rings (SSSR count). The maximum Gasteiger partial charge on any atom is 0.329 e. The highest BCUT2D eigenvalue weighted by atomic mass is 31.2. The Hall–Kier alpha value is -1.20. The highest BCUT2D eigenvalue weighted by Gasteiger charge is 2.18. The average Bonchev–Trinajstić information content (AvgIpc) is 2.34. The van der Waals surface area contributed by atoms with Crippen LogP contribution in [0.2, 0.25) is 0 Å². The van der Waals surface area contributed by atoms with Crippen LogP contribution in [0.1, 0.15) is 25.0 Å². The number of hydrogen-bond donors (Lipinski definition) is 4. The van der Waals surface area contributed by atoms with Crippen molar-refractivity contribution in [3.05, 3.63) is 35.4 Å². The van der Waals surface area contributed by atoms with Gasteiger partial charge in [0.05, 0.1) is 6.16 Å². The zero-order valence-electron chi connectivity index (χ0n) is 12.2. The number of hydrogen-bond acceptors (Lipinski definition) is 3. The van der Waals surface area contributed by atoms with Gasteiger partial charge >= 0.3 is 13.6 Å². The summed E-state index contributed by atoms with van der Waals surface area (Å²) < 4.78 is 10.9. The normalized spacial score (nSPS) is 13.4. The molecule has 0 heterocycles. The van der Waals surface area contributed by atoms with Crippen LogP contribution in [0.3, 0.4) is 0 Å². The predicted octanol–water partition coefficient (Wildman–Crippen LogP) is 1.61.